The molecule has 0 aliphatic carbocycles. The van der Waals surface area contributed by atoms with Gasteiger partial charge in [-0.05, 0) is 48.9 Å². The van der Waals surface area contributed by atoms with Crippen molar-refractivity contribution in [2.24, 2.45) is 0 Å². The smallest absolute Gasteiger partial charge is 0.352 e. The Morgan fingerprint density at radius 2 is 1.74 bits per heavy atom. The molecule has 1 saturated heterocycles. The third-order valence-corrected chi connectivity index (χ3v) is 4.50. The number of benzene rings is 2. The molecule has 4 nitrogen and oxygen atoms in total. The van der Waals surface area contributed by atoms with Crippen molar-refractivity contribution in [3.05, 3.63) is 83.8 Å². The first kappa shape index (κ1) is 17.3. The highest BCUT2D eigenvalue weighted by Crippen LogP contribution is 2.50. The van der Waals surface area contributed by atoms with Crippen molar-refractivity contribution in [1.82, 2.24) is 0 Å². The van der Waals surface area contributed by atoms with E-state index in [0.29, 0.717) is 23.8 Å². The first-order chi connectivity index (χ1) is 13.0. The number of nitrogens with zero attached hydrogens (tertiary/aromatic N) is 1. The molecule has 0 bridgehead atoms. The number of aryl methyl sites for hydroxylation is 1. The number of hydrogen-bond acceptors (Lipinski definition) is 3. The van der Waals surface area contributed by atoms with E-state index in [4.69, 9.17) is 9.15 Å². The van der Waals surface area contributed by atoms with Crippen molar-refractivity contribution < 1.29 is 22.7 Å². The molecule has 1 aliphatic heterocycles. The number of furan rings is 1. The van der Waals surface area contributed by atoms with Gasteiger partial charge in [-0.1, -0.05) is 30.3 Å². The molecule has 0 saturated carbocycles. The van der Waals surface area contributed by atoms with Crippen LogP contribution in [-0.4, -0.2) is 11.8 Å². The number of carbonyl (C=O) groups excluding carboxylic acids is 1. The van der Waals surface area contributed by atoms with Gasteiger partial charge in [-0.3, -0.25) is 9.69 Å². The van der Waals surface area contributed by atoms with Gasteiger partial charge in [-0.15, -0.1) is 0 Å². The summed E-state index contributed by atoms with van der Waals surface area (Å²) in [5, 5.41) is 0. The maximum atomic E-state index is 14.1. The molecule has 0 radical (unpaired) electrons. The highest BCUT2D eigenvalue weighted by atomic mass is 19.3. The number of carbonyl (C=O) groups is 1. The van der Waals surface area contributed by atoms with Gasteiger partial charge >= 0.3 is 11.8 Å². The van der Waals surface area contributed by atoms with E-state index in [2.05, 4.69) is 0 Å². The number of anilines is 1. The number of hydrogen-bond donors (Lipinski definition) is 0. The summed E-state index contributed by atoms with van der Waals surface area (Å²) < 4.78 is 39.3. The average molecular weight is 369 g/mol. The number of alkyl halides is 2. The molecule has 1 atom stereocenters. The maximum Gasteiger partial charge on any atom is 0.352 e. The van der Waals surface area contributed by atoms with Crippen LogP contribution >= 0.6 is 0 Å². The quantitative estimate of drug-likeness (QED) is 0.602. The lowest BCUT2D eigenvalue weighted by Gasteiger charge is -2.45. The second-order valence-electron chi connectivity index (χ2n) is 6.42. The average Bonchev–Trinajstić information content (AvgIpc) is 3.10. The highest BCUT2D eigenvalue weighted by Gasteiger charge is 2.66. The SMILES string of the molecule is Cc1ccc([C@H]2N(c3ccc(OCc4ccccc4)cc3)C(=O)C2(F)F)o1. The zero-order valence-corrected chi connectivity index (χ0v) is 14.6. The van der Waals surface area contributed by atoms with Crippen LogP contribution in [-0.2, 0) is 11.4 Å². The summed E-state index contributed by atoms with van der Waals surface area (Å²) in [6.45, 7) is 2.07. The monoisotopic (exact) mass is 369 g/mol. The fourth-order valence-corrected chi connectivity index (χ4v) is 3.11. The molecule has 4 rings (SSSR count). The second-order valence-corrected chi connectivity index (χ2v) is 6.42. The van der Waals surface area contributed by atoms with Gasteiger partial charge in [-0.2, -0.15) is 8.78 Å². The molecular weight excluding hydrogens is 352 g/mol. The number of rotatable bonds is 5. The third-order valence-electron chi connectivity index (χ3n) is 4.50. The van der Waals surface area contributed by atoms with Crippen LogP contribution in [0.1, 0.15) is 23.1 Å². The summed E-state index contributed by atoms with van der Waals surface area (Å²) in [6.07, 6.45) is 0. The lowest BCUT2D eigenvalue weighted by Crippen LogP contribution is -2.64. The summed E-state index contributed by atoms with van der Waals surface area (Å²) in [5.41, 5.74) is 1.39. The Morgan fingerprint density at radius 1 is 1.04 bits per heavy atom. The van der Waals surface area contributed by atoms with Crippen molar-refractivity contribution >= 4 is 11.6 Å². The van der Waals surface area contributed by atoms with Crippen LogP contribution in [0.5, 0.6) is 5.75 Å². The van der Waals surface area contributed by atoms with Crippen molar-refractivity contribution in [3.8, 4) is 5.75 Å². The minimum atomic E-state index is -3.48. The Kier molecular flexibility index (Phi) is 4.18. The van der Waals surface area contributed by atoms with Crippen LogP contribution in [0.4, 0.5) is 14.5 Å². The van der Waals surface area contributed by atoms with E-state index < -0.39 is 17.9 Å². The molecule has 1 aromatic heterocycles. The fraction of sp³-hybridized carbons (Fsp3) is 0.190. The molecule has 27 heavy (non-hydrogen) atoms. The standard InChI is InChI=1S/C21H17F2NO3/c1-14-7-12-18(27-14)19-21(22,23)20(25)24(19)16-8-10-17(11-9-16)26-13-15-5-3-2-4-6-15/h2-12,19H,13H2,1H3/t19-/m1/s1. The number of ether oxygens (including phenoxy) is 1. The Labute approximate surface area is 155 Å². The van der Waals surface area contributed by atoms with Crippen LogP contribution in [0.2, 0.25) is 0 Å². The van der Waals surface area contributed by atoms with Crippen molar-refractivity contribution in [3.63, 3.8) is 0 Å². The van der Waals surface area contributed by atoms with Crippen molar-refractivity contribution in [1.29, 1.82) is 0 Å². The zero-order chi connectivity index (χ0) is 19.0. The summed E-state index contributed by atoms with van der Waals surface area (Å²) >= 11 is 0. The van der Waals surface area contributed by atoms with E-state index in [0.717, 1.165) is 10.5 Å². The molecule has 1 fully saturated rings. The largest absolute Gasteiger partial charge is 0.489 e. The van der Waals surface area contributed by atoms with E-state index in [-0.39, 0.29) is 5.76 Å². The van der Waals surface area contributed by atoms with Crippen molar-refractivity contribution in [2.45, 2.75) is 25.5 Å². The van der Waals surface area contributed by atoms with Crippen LogP contribution < -0.4 is 9.64 Å². The molecule has 1 amide bonds. The Hall–Kier alpha value is -3.15. The number of halogens is 2. The lowest BCUT2D eigenvalue weighted by molar-refractivity contribution is -0.164. The molecule has 0 unspecified atom stereocenters. The van der Waals surface area contributed by atoms with Gasteiger partial charge in [0.25, 0.3) is 0 Å². The van der Waals surface area contributed by atoms with Crippen molar-refractivity contribution in [2.75, 3.05) is 4.90 Å². The third kappa shape index (κ3) is 3.07. The number of β-lactam (4-membered cyclic amide) rings is 1. The number of amides is 1. The Balaban J connectivity index is 1.51. The van der Waals surface area contributed by atoms with E-state index >= 15 is 0 Å². The lowest BCUT2D eigenvalue weighted by atomic mass is 9.93. The van der Waals surface area contributed by atoms with Gasteiger partial charge in [-0.25, -0.2) is 0 Å². The molecule has 6 heteroatoms. The first-order valence-corrected chi connectivity index (χ1v) is 8.51. The van der Waals surface area contributed by atoms with Gasteiger partial charge in [0, 0.05) is 5.69 Å². The summed E-state index contributed by atoms with van der Waals surface area (Å²) in [5.74, 6) is -3.54. The van der Waals surface area contributed by atoms with Gasteiger partial charge in [0.2, 0.25) is 0 Å². The normalized spacial score (nSPS) is 18.3. The topological polar surface area (TPSA) is 42.7 Å². The van der Waals surface area contributed by atoms with Crippen LogP contribution in [0.25, 0.3) is 0 Å². The minimum absolute atomic E-state index is 0.0708. The van der Waals surface area contributed by atoms with Gasteiger partial charge < -0.3 is 9.15 Å². The zero-order valence-electron chi connectivity index (χ0n) is 14.6. The molecule has 0 N–H and O–H groups in total. The Morgan fingerprint density at radius 3 is 2.37 bits per heavy atom. The first-order valence-electron chi connectivity index (χ1n) is 8.51. The minimum Gasteiger partial charge on any atom is -0.489 e. The Bertz CT molecular complexity index is 951. The maximum absolute atomic E-state index is 14.1. The van der Waals surface area contributed by atoms with E-state index in [9.17, 15) is 13.6 Å². The second kappa shape index (κ2) is 6.54. The highest BCUT2D eigenvalue weighted by molar-refractivity contribution is 6.07. The molecule has 3 aromatic rings. The molecule has 1 aliphatic rings. The van der Waals surface area contributed by atoms with E-state index in [1.165, 1.54) is 6.07 Å². The van der Waals surface area contributed by atoms with Gasteiger partial charge in [0.15, 0.2) is 6.04 Å². The predicted molar refractivity (Wildman–Crippen MR) is 95.8 cm³/mol. The molecular formula is C21H17F2NO3. The molecule has 138 valence electrons. The predicted octanol–water partition coefficient (Wildman–Crippen LogP) is 4.89. The fourth-order valence-electron chi connectivity index (χ4n) is 3.11. The van der Waals surface area contributed by atoms with Crippen LogP contribution in [0.15, 0.2) is 71.1 Å². The van der Waals surface area contributed by atoms with Crippen LogP contribution in [0, 0.1) is 6.92 Å². The summed E-state index contributed by atoms with van der Waals surface area (Å²) in [7, 11) is 0. The summed E-state index contributed by atoms with van der Waals surface area (Å²) in [6, 6.07) is 17.8. The molecule has 0 spiro atoms. The van der Waals surface area contributed by atoms with E-state index in [1.807, 2.05) is 30.3 Å². The van der Waals surface area contributed by atoms with E-state index in [1.54, 1.807) is 37.3 Å². The van der Waals surface area contributed by atoms with Gasteiger partial charge in [0.05, 0.1) is 0 Å². The van der Waals surface area contributed by atoms with Crippen LogP contribution in [0.3, 0.4) is 0 Å². The molecule has 2 aromatic carbocycles. The van der Waals surface area contributed by atoms with Gasteiger partial charge in [0.1, 0.15) is 23.9 Å². The molecule has 2 heterocycles. The summed E-state index contributed by atoms with van der Waals surface area (Å²) in [4.78, 5) is 13.0.